The molecule has 0 spiro atoms. The second-order valence-electron chi connectivity index (χ2n) is 4.49. The molecule has 0 saturated heterocycles. The third-order valence-electron chi connectivity index (χ3n) is 3.56. The molecule has 1 unspecified atom stereocenters. The SMILES string of the molecule is Cc1[nH]nc2c1C1C(=C(N)n3cccc31)C(=O)O2. The lowest BCUT2D eigenvalue weighted by Gasteiger charge is -2.19. The molecule has 0 radical (unpaired) electrons. The molecular formula is C12H10N4O2. The molecule has 0 fully saturated rings. The lowest BCUT2D eigenvalue weighted by molar-refractivity contribution is -0.131. The minimum atomic E-state index is -0.416. The maximum absolute atomic E-state index is 12.0. The summed E-state index contributed by atoms with van der Waals surface area (Å²) in [6.45, 7) is 1.91. The summed E-state index contributed by atoms with van der Waals surface area (Å²) in [5, 5.41) is 6.86. The zero-order valence-electron chi connectivity index (χ0n) is 9.60. The highest BCUT2D eigenvalue weighted by molar-refractivity contribution is 6.01. The Morgan fingerprint density at radius 2 is 2.39 bits per heavy atom. The van der Waals surface area contributed by atoms with E-state index < -0.39 is 5.97 Å². The highest BCUT2D eigenvalue weighted by atomic mass is 16.5. The number of aromatic amines is 1. The van der Waals surface area contributed by atoms with Gasteiger partial charge in [-0.3, -0.25) is 5.10 Å². The van der Waals surface area contributed by atoms with E-state index in [9.17, 15) is 4.79 Å². The Morgan fingerprint density at radius 3 is 3.22 bits per heavy atom. The molecule has 1 atom stereocenters. The molecule has 0 aliphatic carbocycles. The number of nitrogens with two attached hydrogens (primary N) is 1. The van der Waals surface area contributed by atoms with E-state index in [-0.39, 0.29) is 5.92 Å². The molecule has 0 amide bonds. The highest BCUT2D eigenvalue weighted by Gasteiger charge is 2.44. The van der Waals surface area contributed by atoms with Crippen LogP contribution in [-0.4, -0.2) is 20.7 Å². The van der Waals surface area contributed by atoms with Crippen LogP contribution < -0.4 is 10.5 Å². The smallest absolute Gasteiger partial charge is 0.345 e. The van der Waals surface area contributed by atoms with Crippen molar-refractivity contribution >= 4 is 11.8 Å². The van der Waals surface area contributed by atoms with Crippen LogP contribution in [0.4, 0.5) is 0 Å². The monoisotopic (exact) mass is 242 g/mol. The van der Waals surface area contributed by atoms with E-state index in [1.807, 2.05) is 29.8 Å². The number of hydrogen-bond donors (Lipinski definition) is 2. The topological polar surface area (TPSA) is 85.9 Å². The van der Waals surface area contributed by atoms with Gasteiger partial charge in [0.05, 0.1) is 17.1 Å². The van der Waals surface area contributed by atoms with Crippen molar-refractivity contribution in [3.63, 3.8) is 0 Å². The Morgan fingerprint density at radius 1 is 1.56 bits per heavy atom. The molecule has 3 N–H and O–H groups in total. The molecule has 4 heterocycles. The zero-order valence-corrected chi connectivity index (χ0v) is 9.60. The summed E-state index contributed by atoms with van der Waals surface area (Å²) in [4.78, 5) is 12.0. The first-order valence-corrected chi connectivity index (χ1v) is 5.63. The van der Waals surface area contributed by atoms with Crippen LogP contribution in [0.1, 0.15) is 22.9 Å². The summed E-state index contributed by atoms with van der Waals surface area (Å²) in [6.07, 6.45) is 1.85. The minimum Gasteiger partial charge on any atom is -0.402 e. The van der Waals surface area contributed by atoms with E-state index in [1.165, 1.54) is 0 Å². The van der Waals surface area contributed by atoms with Gasteiger partial charge in [-0.25, -0.2) is 4.79 Å². The quantitative estimate of drug-likeness (QED) is 0.666. The Bertz CT molecular complexity index is 722. The number of esters is 1. The van der Waals surface area contributed by atoms with E-state index in [0.717, 1.165) is 17.0 Å². The van der Waals surface area contributed by atoms with Gasteiger partial charge in [-0.1, -0.05) is 0 Å². The average Bonchev–Trinajstić information content (AvgIpc) is 2.98. The van der Waals surface area contributed by atoms with Gasteiger partial charge in [-0.15, -0.1) is 5.10 Å². The van der Waals surface area contributed by atoms with Gasteiger partial charge in [0, 0.05) is 17.6 Å². The van der Waals surface area contributed by atoms with Gasteiger partial charge in [0.25, 0.3) is 0 Å². The molecule has 2 aliphatic rings. The first-order chi connectivity index (χ1) is 8.68. The lowest BCUT2D eigenvalue weighted by Crippen LogP contribution is -2.23. The van der Waals surface area contributed by atoms with Crippen LogP contribution in [-0.2, 0) is 4.79 Å². The van der Waals surface area contributed by atoms with Crippen molar-refractivity contribution < 1.29 is 9.53 Å². The normalized spacial score (nSPS) is 20.5. The molecule has 90 valence electrons. The van der Waals surface area contributed by atoms with Crippen molar-refractivity contribution in [2.24, 2.45) is 5.73 Å². The van der Waals surface area contributed by atoms with Crippen molar-refractivity contribution in [2.45, 2.75) is 12.8 Å². The van der Waals surface area contributed by atoms with Gasteiger partial charge < -0.3 is 15.0 Å². The first-order valence-electron chi connectivity index (χ1n) is 5.63. The predicted molar refractivity (Wildman–Crippen MR) is 62.6 cm³/mol. The summed E-state index contributed by atoms with van der Waals surface area (Å²) >= 11 is 0. The van der Waals surface area contributed by atoms with E-state index >= 15 is 0 Å². The Hall–Kier alpha value is -2.50. The van der Waals surface area contributed by atoms with Crippen LogP contribution in [0.2, 0.25) is 0 Å². The van der Waals surface area contributed by atoms with Crippen molar-refractivity contribution in [1.29, 1.82) is 0 Å². The molecule has 0 saturated carbocycles. The van der Waals surface area contributed by atoms with E-state index in [4.69, 9.17) is 10.5 Å². The third-order valence-corrected chi connectivity index (χ3v) is 3.56. The number of fused-ring (bicyclic) bond motifs is 5. The Labute approximate surface area is 102 Å². The van der Waals surface area contributed by atoms with Gasteiger partial charge in [0.1, 0.15) is 5.82 Å². The van der Waals surface area contributed by atoms with Crippen LogP contribution in [0, 0.1) is 6.92 Å². The standard InChI is InChI=1S/C12H10N4O2/c1-5-7-8-6-3-2-4-16(6)10(13)9(8)12(17)18-11(7)15-14-5/h2-4,8H,13H2,1H3,(H,14,15). The molecule has 0 aromatic carbocycles. The number of hydrogen-bond acceptors (Lipinski definition) is 4. The molecular weight excluding hydrogens is 232 g/mol. The molecule has 18 heavy (non-hydrogen) atoms. The summed E-state index contributed by atoms with van der Waals surface area (Å²) < 4.78 is 7.03. The number of H-pyrrole nitrogens is 1. The number of rotatable bonds is 0. The number of carbonyl (C=O) groups is 1. The molecule has 6 nitrogen and oxygen atoms in total. The van der Waals surface area contributed by atoms with Crippen molar-refractivity contribution in [3.8, 4) is 5.88 Å². The maximum Gasteiger partial charge on any atom is 0.345 e. The molecule has 2 aromatic rings. The van der Waals surface area contributed by atoms with E-state index in [0.29, 0.717) is 17.3 Å². The maximum atomic E-state index is 12.0. The third kappa shape index (κ3) is 0.897. The minimum absolute atomic E-state index is 0.171. The fraction of sp³-hybridized carbons (Fsp3) is 0.167. The average molecular weight is 242 g/mol. The van der Waals surface area contributed by atoms with Crippen molar-refractivity contribution in [1.82, 2.24) is 14.8 Å². The number of ether oxygens (including phenoxy) is 1. The molecule has 4 rings (SSSR count). The number of aromatic nitrogens is 3. The fourth-order valence-electron chi connectivity index (χ4n) is 2.76. The van der Waals surface area contributed by atoms with Gasteiger partial charge in [0.2, 0.25) is 5.88 Å². The van der Waals surface area contributed by atoms with Crippen LogP contribution in [0.5, 0.6) is 5.88 Å². The van der Waals surface area contributed by atoms with Crippen LogP contribution in [0.25, 0.3) is 5.82 Å². The number of nitrogens with one attached hydrogen (secondary N) is 1. The molecule has 2 aliphatic heterocycles. The lowest BCUT2D eigenvalue weighted by atomic mass is 9.88. The second kappa shape index (κ2) is 2.84. The summed E-state index contributed by atoms with van der Waals surface area (Å²) in [5.74, 6) is 0.208. The molecule has 2 aromatic heterocycles. The molecule has 6 heteroatoms. The van der Waals surface area contributed by atoms with E-state index in [2.05, 4.69) is 10.2 Å². The van der Waals surface area contributed by atoms with Gasteiger partial charge >= 0.3 is 5.97 Å². The Kier molecular flexibility index (Phi) is 1.50. The van der Waals surface area contributed by atoms with Gasteiger partial charge in [-0.2, -0.15) is 0 Å². The number of aryl methyl sites for hydroxylation is 1. The Balaban J connectivity index is 2.08. The first kappa shape index (κ1) is 9.52. The van der Waals surface area contributed by atoms with Crippen molar-refractivity contribution in [2.75, 3.05) is 0 Å². The molecule has 0 bridgehead atoms. The zero-order chi connectivity index (χ0) is 12.4. The summed E-state index contributed by atoms with van der Waals surface area (Å²) in [7, 11) is 0. The largest absolute Gasteiger partial charge is 0.402 e. The highest BCUT2D eigenvalue weighted by Crippen LogP contribution is 2.47. The van der Waals surface area contributed by atoms with Crippen LogP contribution >= 0.6 is 0 Å². The van der Waals surface area contributed by atoms with Gasteiger partial charge in [0.15, 0.2) is 0 Å². The van der Waals surface area contributed by atoms with Crippen LogP contribution in [0.3, 0.4) is 0 Å². The predicted octanol–water partition coefficient (Wildman–Crippen LogP) is 0.711. The second-order valence-corrected chi connectivity index (χ2v) is 4.49. The summed E-state index contributed by atoms with van der Waals surface area (Å²) in [6, 6.07) is 3.87. The van der Waals surface area contributed by atoms with E-state index in [1.54, 1.807) is 0 Å². The number of carbonyl (C=O) groups excluding carboxylic acids is 1. The van der Waals surface area contributed by atoms with Gasteiger partial charge in [-0.05, 0) is 19.1 Å². The van der Waals surface area contributed by atoms with Crippen molar-refractivity contribution in [3.05, 3.63) is 40.9 Å². The fourth-order valence-corrected chi connectivity index (χ4v) is 2.76. The summed E-state index contributed by atoms with van der Waals surface area (Å²) in [5.41, 5.74) is 9.29. The number of nitrogens with zero attached hydrogens (tertiary/aromatic N) is 2. The van der Waals surface area contributed by atoms with Crippen LogP contribution in [0.15, 0.2) is 23.9 Å².